The van der Waals surface area contributed by atoms with Crippen molar-refractivity contribution < 1.29 is 19.1 Å². The van der Waals surface area contributed by atoms with Gasteiger partial charge < -0.3 is 9.47 Å². The Morgan fingerprint density at radius 3 is 1.67 bits per heavy atom. The summed E-state index contributed by atoms with van der Waals surface area (Å²) in [5, 5.41) is 0. The van der Waals surface area contributed by atoms with Gasteiger partial charge in [-0.25, -0.2) is 0 Å². The molecule has 0 aromatic rings. The first-order valence-corrected chi connectivity index (χ1v) is 6.06. The summed E-state index contributed by atoms with van der Waals surface area (Å²) in [4.78, 5) is 22.5. The molecule has 0 N–H and O–H groups in total. The molecule has 1 heterocycles. The molecule has 0 spiro atoms. The van der Waals surface area contributed by atoms with Gasteiger partial charge in [0.2, 0.25) is 0 Å². The Morgan fingerprint density at radius 2 is 1.22 bits per heavy atom. The summed E-state index contributed by atoms with van der Waals surface area (Å²) in [5.41, 5.74) is 0. The van der Waals surface area contributed by atoms with Crippen LogP contribution in [0.3, 0.4) is 0 Å². The van der Waals surface area contributed by atoms with Crippen molar-refractivity contribution in [1.82, 2.24) is 0 Å². The average molecular weight is 248 g/mol. The van der Waals surface area contributed by atoms with Gasteiger partial charge >= 0.3 is 11.9 Å². The Bertz CT molecular complexity index is 363. The highest BCUT2D eigenvalue weighted by molar-refractivity contribution is 5.70. The van der Waals surface area contributed by atoms with Crippen molar-refractivity contribution >= 4 is 11.9 Å². The highest BCUT2D eigenvalue weighted by Crippen LogP contribution is 2.03. The number of rotatable bonds is 0. The largest absolute Gasteiger partial charge is 0.465 e. The molecule has 0 aromatic heterocycles. The van der Waals surface area contributed by atoms with Crippen molar-refractivity contribution in [2.75, 3.05) is 13.2 Å². The lowest BCUT2D eigenvalue weighted by Gasteiger charge is -2.03. The zero-order chi connectivity index (χ0) is 13.1. The zero-order valence-corrected chi connectivity index (χ0v) is 10.3. The van der Waals surface area contributed by atoms with Crippen molar-refractivity contribution in [1.29, 1.82) is 0 Å². The quantitative estimate of drug-likeness (QED) is 0.481. The first-order valence-electron chi connectivity index (χ1n) is 6.06. The van der Waals surface area contributed by atoms with Crippen LogP contribution in [0.5, 0.6) is 0 Å². The lowest BCUT2D eigenvalue weighted by atomic mass is 10.2. The number of hydrogen-bond donors (Lipinski definition) is 0. The molecule has 96 valence electrons. The van der Waals surface area contributed by atoms with Crippen LogP contribution in [0.2, 0.25) is 0 Å². The van der Waals surface area contributed by atoms with Gasteiger partial charge in [0.15, 0.2) is 0 Å². The van der Waals surface area contributed by atoms with E-state index in [1.165, 1.54) is 0 Å². The molecule has 0 saturated carbocycles. The monoisotopic (exact) mass is 248 g/mol. The van der Waals surface area contributed by atoms with Gasteiger partial charge in [-0.15, -0.1) is 0 Å². The second-order valence-corrected chi connectivity index (χ2v) is 3.75. The fourth-order valence-corrected chi connectivity index (χ4v) is 1.33. The molecule has 0 radical (unpaired) electrons. The maximum Gasteiger partial charge on any atom is 0.305 e. The van der Waals surface area contributed by atoms with E-state index < -0.39 is 0 Å². The summed E-state index contributed by atoms with van der Waals surface area (Å²) in [7, 11) is 0. The molecule has 1 aliphatic rings. The van der Waals surface area contributed by atoms with Gasteiger partial charge in [-0.05, 0) is 24.7 Å². The predicted molar refractivity (Wildman–Crippen MR) is 65.2 cm³/mol. The minimum atomic E-state index is -0.247. The van der Waals surface area contributed by atoms with Crippen LogP contribution < -0.4 is 0 Å². The summed E-state index contributed by atoms with van der Waals surface area (Å²) < 4.78 is 9.93. The topological polar surface area (TPSA) is 52.6 Å². The molecule has 0 amide bonds. The molecule has 0 saturated heterocycles. The molecule has 0 aliphatic carbocycles. The third-order valence-electron chi connectivity index (χ3n) is 2.23. The molecule has 0 bridgehead atoms. The molecule has 4 nitrogen and oxygen atoms in total. The second-order valence-electron chi connectivity index (χ2n) is 3.75. The lowest BCUT2D eigenvalue weighted by molar-refractivity contribution is -0.145. The number of ether oxygens (including phenoxy) is 2. The van der Waals surface area contributed by atoms with Gasteiger partial charge in [0.1, 0.15) is 13.2 Å². The summed E-state index contributed by atoms with van der Waals surface area (Å²) in [6, 6.07) is 0. The van der Waals surface area contributed by atoms with Crippen molar-refractivity contribution in [3.63, 3.8) is 0 Å². The van der Waals surface area contributed by atoms with E-state index in [-0.39, 0.29) is 11.9 Å². The van der Waals surface area contributed by atoms with Gasteiger partial charge in [0, 0.05) is 25.7 Å². The number of carbonyl (C=O) groups excluding carboxylic acids is 2. The lowest BCUT2D eigenvalue weighted by Crippen LogP contribution is -2.07. The van der Waals surface area contributed by atoms with Crippen molar-refractivity contribution in [2.24, 2.45) is 0 Å². The van der Waals surface area contributed by atoms with Crippen LogP contribution in [0.1, 0.15) is 38.5 Å². The van der Waals surface area contributed by atoms with Crippen molar-refractivity contribution in [2.45, 2.75) is 38.5 Å². The molecule has 0 aromatic carbocycles. The smallest absolute Gasteiger partial charge is 0.305 e. The maximum absolute atomic E-state index is 11.2. The maximum atomic E-state index is 11.2. The van der Waals surface area contributed by atoms with Gasteiger partial charge in [-0.3, -0.25) is 9.59 Å². The van der Waals surface area contributed by atoms with Crippen molar-refractivity contribution in [3.05, 3.63) is 0 Å². The van der Waals surface area contributed by atoms with Gasteiger partial charge in [0.25, 0.3) is 0 Å². The molecule has 1 aliphatic heterocycles. The summed E-state index contributed by atoms with van der Waals surface area (Å²) >= 11 is 0. The fraction of sp³-hybridized carbons (Fsp3) is 0.571. The second kappa shape index (κ2) is 9.13. The summed E-state index contributed by atoms with van der Waals surface area (Å²) in [6.45, 7) is 0.602. The Hall–Kier alpha value is -1.94. The van der Waals surface area contributed by atoms with Crippen LogP contribution in [0, 0.1) is 23.7 Å². The number of hydrogen-bond acceptors (Lipinski definition) is 4. The number of esters is 2. The molecule has 1 rings (SSSR count). The van der Waals surface area contributed by atoms with E-state index in [0.717, 1.165) is 0 Å². The summed E-state index contributed by atoms with van der Waals surface area (Å²) in [6.07, 6.45) is 2.94. The molecule has 0 atom stereocenters. The Labute approximate surface area is 107 Å². The van der Waals surface area contributed by atoms with Gasteiger partial charge in [-0.1, -0.05) is 11.8 Å². The minimum absolute atomic E-state index is 0.247. The standard InChI is InChI=1S/C14H16O4/c15-13-9-5-6-10-14(16)18-12-8-4-2-1-3-7-11-17-13/h5-12H2. The molecule has 18 heavy (non-hydrogen) atoms. The Balaban J connectivity index is 2.42. The fourth-order valence-electron chi connectivity index (χ4n) is 1.33. The molecule has 0 unspecified atom stereocenters. The van der Waals surface area contributed by atoms with E-state index in [0.29, 0.717) is 51.7 Å². The summed E-state index contributed by atoms with van der Waals surface area (Å²) in [5.74, 6) is 10.4. The van der Waals surface area contributed by atoms with E-state index in [1.54, 1.807) is 0 Å². The number of cyclic esters (lactones) is 2. The molecular weight excluding hydrogens is 232 g/mol. The SMILES string of the molecule is O=C1CCCCC(=O)OCCC#CC#CCCO1. The average Bonchev–Trinajstić information content (AvgIpc) is 2.35. The minimum Gasteiger partial charge on any atom is -0.465 e. The normalized spacial score (nSPS) is 18.4. The Morgan fingerprint density at radius 1 is 0.778 bits per heavy atom. The number of carbonyl (C=O) groups is 2. The van der Waals surface area contributed by atoms with Crippen LogP contribution in [-0.4, -0.2) is 25.2 Å². The van der Waals surface area contributed by atoms with Crippen LogP contribution in [0.25, 0.3) is 0 Å². The highest BCUT2D eigenvalue weighted by Gasteiger charge is 2.05. The van der Waals surface area contributed by atoms with Gasteiger partial charge in [-0.2, -0.15) is 0 Å². The molecule has 0 fully saturated rings. The third kappa shape index (κ3) is 7.35. The van der Waals surface area contributed by atoms with Crippen LogP contribution >= 0.6 is 0 Å². The van der Waals surface area contributed by atoms with Crippen LogP contribution in [0.15, 0.2) is 0 Å². The predicted octanol–water partition coefficient (Wildman–Crippen LogP) is 1.43. The van der Waals surface area contributed by atoms with Crippen LogP contribution in [0.4, 0.5) is 0 Å². The van der Waals surface area contributed by atoms with Crippen LogP contribution in [-0.2, 0) is 19.1 Å². The van der Waals surface area contributed by atoms with E-state index in [2.05, 4.69) is 23.7 Å². The zero-order valence-electron chi connectivity index (χ0n) is 10.3. The van der Waals surface area contributed by atoms with E-state index in [1.807, 2.05) is 0 Å². The van der Waals surface area contributed by atoms with E-state index in [9.17, 15) is 9.59 Å². The van der Waals surface area contributed by atoms with E-state index in [4.69, 9.17) is 9.47 Å². The third-order valence-corrected chi connectivity index (χ3v) is 2.23. The van der Waals surface area contributed by atoms with Crippen molar-refractivity contribution in [3.8, 4) is 23.7 Å². The highest BCUT2D eigenvalue weighted by atomic mass is 16.5. The van der Waals surface area contributed by atoms with Gasteiger partial charge in [0.05, 0.1) is 0 Å². The first kappa shape index (κ1) is 14.1. The Kier molecular flexibility index (Phi) is 7.16. The molecule has 4 heteroatoms. The molecular formula is C14H16O4. The van der Waals surface area contributed by atoms with E-state index >= 15 is 0 Å². The first-order chi connectivity index (χ1) is 8.79.